The lowest BCUT2D eigenvalue weighted by Gasteiger charge is -2.37. The first-order chi connectivity index (χ1) is 15.2. The number of carbonyl (C=O) groups is 1. The van der Waals surface area contributed by atoms with Crippen molar-refractivity contribution in [3.63, 3.8) is 0 Å². The number of Topliss-reactive ketones (excluding diaryl/α,β-unsaturated/α-hetero) is 1. The third-order valence-corrected chi connectivity index (χ3v) is 8.01. The predicted octanol–water partition coefficient (Wildman–Crippen LogP) is 1.94. The lowest BCUT2D eigenvalue weighted by Crippen LogP contribution is -2.52. The number of carbonyl (C=O) groups excluding carboxylic acids is 1. The first-order valence-corrected chi connectivity index (χ1v) is 11.8. The Morgan fingerprint density at radius 2 is 2.16 bits per heavy atom. The second kappa shape index (κ2) is 8.27. The highest BCUT2D eigenvalue weighted by Gasteiger charge is 2.43. The van der Waals surface area contributed by atoms with E-state index >= 15 is 0 Å². The van der Waals surface area contributed by atoms with Crippen molar-refractivity contribution in [1.29, 1.82) is 5.26 Å². The summed E-state index contributed by atoms with van der Waals surface area (Å²) in [7, 11) is -2.88. The van der Waals surface area contributed by atoms with Gasteiger partial charge in [0.15, 0.2) is 5.78 Å². The molecular weight excluding hydrogens is 433 g/mol. The molecule has 2 aromatic heterocycles. The average Bonchev–Trinajstić information content (AvgIpc) is 2.96. The summed E-state index contributed by atoms with van der Waals surface area (Å²) >= 11 is 0. The van der Waals surface area contributed by atoms with Crippen molar-refractivity contribution in [1.82, 2.24) is 14.3 Å². The highest BCUT2D eigenvalue weighted by atomic mass is 32.2. The van der Waals surface area contributed by atoms with Gasteiger partial charge in [0.05, 0.1) is 24.3 Å². The minimum Gasteiger partial charge on any atom is -0.369 e. The van der Waals surface area contributed by atoms with E-state index in [1.54, 1.807) is 6.92 Å². The SMILES string of the molecule is C[C@@]1(c2nc(CC(=O)c3ccc(C#N)cn3)ccc2F)C[S@]2(=O)=NCCCCN2C(N)=N1. The molecule has 0 unspecified atom stereocenters. The van der Waals surface area contributed by atoms with E-state index in [0.29, 0.717) is 24.3 Å². The molecule has 0 amide bonds. The number of hydrogen-bond acceptors (Lipinski definition) is 8. The van der Waals surface area contributed by atoms with Crippen LogP contribution in [0.3, 0.4) is 0 Å². The van der Waals surface area contributed by atoms with Gasteiger partial charge in [0.25, 0.3) is 0 Å². The molecule has 0 radical (unpaired) electrons. The quantitative estimate of drug-likeness (QED) is 0.699. The highest BCUT2D eigenvalue weighted by Crippen LogP contribution is 2.34. The third-order valence-electron chi connectivity index (χ3n) is 5.43. The zero-order chi connectivity index (χ0) is 22.9. The molecule has 0 bridgehead atoms. The van der Waals surface area contributed by atoms with Crippen LogP contribution in [0.2, 0.25) is 0 Å². The van der Waals surface area contributed by atoms with Crippen LogP contribution in [-0.4, -0.2) is 49.1 Å². The molecule has 0 aromatic carbocycles. The summed E-state index contributed by atoms with van der Waals surface area (Å²) in [6, 6.07) is 7.55. The van der Waals surface area contributed by atoms with Crippen LogP contribution in [0.4, 0.5) is 4.39 Å². The zero-order valence-electron chi connectivity index (χ0n) is 17.5. The van der Waals surface area contributed by atoms with Gasteiger partial charge in [0.1, 0.15) is 38.7 Å². The fourth-order valence-corrected chi connectivity index (χ4v) is 6.32. The standard InChI is InChI=1S/C21H22FN7O2S/c1-21(13-32(31)26-8-2-3-9-29(32)20(24)28-21)19-16(22)6-5-15(27-19)10-18(30)17-7-4-14(11-23)12-25-17/h4-7,12H,2-3,8-10,13H2,1H3,(H2,24,28)/t21-,32-/m0/s1. The Balaban J connectivity index is 1.67. The van der Waals surface area contributed by atoms with E-state index in [-0.39, 0.29) is 35.3 Å². The summed E-state index contributed by atoms with van der Waals surface area (Å²) in [5, 5.41) is 8.86. The van der Waals surface area contributed by atoms with Gasteiger partial charge >= 0.3 is 0 Å². The summed E-state index contributed by atoms with van der Waals surface area (Å²) in [6.07, 6.45) is 2.79. The van der Waals surface area contributed by atoms with E-state index < -0.39 is 21.3 Å². The van der Waals surface area contributed by atoms with Crippen LogP contribution in [0.25, 0.3) is 0 Å². The van der Waals surface area contributed by atoms with E-state index in [1.165, 1.54) is 34.8 Å². The minimum absolute atomic E-state index is 0.0274. The number of aromatic nitrogens is 2. The van der Waals surface area contributed by atoms with Crippen LogP contribution in [0.5, 0.6) is 0 Å². The van der Waals surface area contributed by atoms with Gasteiger partial charge in [-0.25, -0.2) is 18.0 Å². The molecule has 2 N–H and O–H groups in total. The molecule has 0 saturated heterocycles. The van der Waals surface area contributed by atoms with Gasteiger partial charge in [-0.2, -0.15) is 5.26 Å². The Morgan fingerprint density at radius 1 is 1.34 bits per heavy atom. The molecule has 32 heavy (non-hydrogen) atoms. The van der Waals surface area contributed by atoms with Crippen LogP contribution in [0, 0.1) is 17.1 Å². The Kier molecular flexibility index (Phi) is 5.64. The lowest BCUT2D eigenvalue weighted by atomic mass is 9.99. The van der Waals surface area contributed by atoms with Crippen LogP contribution in [-0.2, 0) is 21.9 Å². The van der Waals surface area contributed by atoms with Crippen LogP contribution < -0.4 is 5.73 Å². The van der Waals surface area contributed by atoms with Gasteiger partial charge in [0.2, 0.25) is 5.96 Å². The maximum Gasteiger partial charge on any atom is 0.204 e. The number of rotatable bonds is 4. The van der Waals surface area contributed by atoms with Crippen molar-refractivity contribution in [2.45, 2.75) is 31.7 Å². The van der Waals surface area contributed by atoms with Crippen molar-refractivity contribution in [2.75, 3.05) is 18.8 Å². The van der Waals surface area contributed by atoms with Crippen molar-refractivity contribution in [3.05, 3.63) is 58.9 Å². The third kappa shape index (κ3) is 4.05. The number of nitrogens with two attached hydrogens (primary N) is 1. The predicted molar refractivity (Wildman–Crippen MR) is 116 cm³/mol. The maximum atomic E-state index is 14.9. The summed E-state index contributed by atoms with van der Waals surface area (Å²) in [5.41, 5.74) is 5.65. The number of nitrogens with zero attached hydrogens (tertiary/aromatic N) is 6. The number of fused-ring (bicyclic) bond motifs is 1. The van der Waals surface area contributed by atoms with Crippen molar-refractivity contribution >= 4 is 21.7 Å². The monoisotopic (exact) mass is 455 g/mol. The van der Waals surface area contributed by atoms with Crippen molar-refractivity contribution in [3.8, 4) is 6.07 Å². The van der Waals surface area contributed by atoms with E-state index in [1.807, 2.05) is 6.07 Å². The fourth-order valence-electron chi connectivity index (χ4n) is 3.84. The molecule has 9 nitrogen and oxygen atoms in total. The first-order valence-electron chi connectivity index (χ1n) is 10.1. The smallest absolute Gasteiger partial charge is 0.204 e. The average molecular weight is 456 g/mol. The molecule has 2 atom stereocenters. The summed E-state index contributed by atoms with van der Waals surface area (Å²) in [4.78, 5) is 25.4. The zero-order valence-corrected chi connectivity index (χ0v) is 18.3. The van der Waals surface area contributed by atoms with E-state index in [2.05, 4.69) is 19.3 Å². The van der Waals surface area contributed by atoms with Gasteiger partial charge in [0, 0.05) is 18.4 Å². The number of guanidine groups is 1. The topological polar surface area (TPSA) is 138 Å². The second-order valence-corrected chi connectivity index (χ2v) is 10.1. The Bertz CT molecular complexity index is 1260. The normalized spacial score (nSPS) is 25.0. The lowest BCUT2D eigenvalue weighted by molar-refractivity contribution is 0.0987. The molecule has 0 fully saturated rings. The Hall–Kier alpha value is -3.39. The molecule has 0 spiro atoms. The number of pyridine rings is 2. The number of aliphatic imine (C=N–C) groups is 1. The van der Waals surface area contributed by atoms with Crippen LogP contribution in [0.1, 0.15) is 47.2 Å². The van der Waals surface area contributed by atoms with E-state index in [9.17, 15) is 13.4 Å². The van der Waals surface area contributed by atoms with Gasteiger partial charge < -0.3 is 5.73 Å². The molecule has 2 aliphatic rings. The molecule has 11 heteroatoms. The summed E-state index contributed by atoms with van der Waals surface area (Å²) in [5.74, 6) is -0.938. The highest BCUT2D eigenvalue weighted by molar-refractivity contribution is 7.92. The van der Waals surface area contributed by atoms with Gasteiger partial charge in [-0.3, -0.25) is 19.1 Å². The molecule has 0 saturated carbocycles. The number of ketones is 1. The maximum absolute atomic E-state index is 14.9. The Labute approximate surface area is 185 Å². The largest absolute Gasteiger partial charge is 0.369 e. The number of nitriles is 1. The molecule has 0 aliphatic carbocycles. The molecule has 2 aromatic rings. The van der Waals surface area contributed by atoms with E-state index in [0.717, 1.165) is 12.8 Å². The minimum atomic E-state index is -2.88. The fraction of sp³-hybridized carbons (Fsp3) is 0.381. The van der Waals surface area contributed by atoms with Crippen molar-refractivity contribution in [2.24, 2.45) is 15.1 Å². The number of halogens is 1. The molecule has 4 heterocycles. The molecule has 4 rings (SSSR count). The molecule has 2 aliphatic heterocycles. The second-order valence-electron chi connectivity index (χ2n) is 7.93. The summed E-state index contributed by atoms with van der Waals surface area (Å²) < 4.78 is 34.3. The van der Waals surface area contributed by atoms with Gasteiger partial charge in [-0.15, -0.1) is 0 Å². The molecular formula is C21H22FN7O2S. The van der Waals surface area contributed by atoms with Crippen LogP contribution >= 0.6 is 0 Å². The van der Waals surface area contributed by atoms with Crippen molar-refractivity contribution < 1.29 is 13.4 Å². The number of hydrogen-bond donors (Lipinski definition) is 1. The van der Waals surface area contributed by atoms with Gasteiger partial charge in [-0.1, -0.05) is 0 Å². The Morgan fingerprint density at radius 3 is 2.88 bits per heavy atom. The van der Waals surface area contributed by atoms with E-state index in [4.69, 9.17) is 11.0 Å². The summed E-state index contributed by atoms with van der Waals surface area (Å²) in [6.45, 7) is 2.56. The first kappa shape index (κ1) is 21.8. The van der Waals surface area contributed by atoms with Crippen LogP contribution in [0.15, 0.2) is 39.8 Å². The van der Waals surface area contributed by atoms with Gasteiger partial charge in [-0.05, 0) is 44.0 Å². The molecule has 166 valence electrons.